The number of hydrogen-bond acceptors (Lipinski definition) is 7. The van der Waals surface area contributed by atoms with Gasteiger partial charge in [0.1, 0.15) is 11.6 Å². The number of methoxy groups -OCH3 is 1. The van der Waals surface area contributed by atoms with Crippen LogP contribution in [0.2, 0.25) is 0 Å². The molecular weight excluding hydrogens is 406 g/mol. The first-order valence-electron chi connectivity index (χ1n) is 9.10. The van der Waals surface area contributed by atoms with Crippen molar-refractivity contribution in [2.75, 3.05) is 40.9 Å². The Hall–Kier alpha value is -2.02. The minimum absolute atomic E-state index is 0.0494. The second-order valence-electron chi connectivity index (χ2n) is 7.19. The van der Waals surface area contributed by atoms with Crippen molar-refractivity contribution in [1.82, 2.24) is 29.4 Å². The first kappa shape index (κ1) is 21.7. The molecule has 1 aliphatic heterocycles. The van der Waals surface area contributed by atoms with Crippen LogP contribution in [0.1, 0.15) is 18.7 Å². The van der Waals surface area contributed by atoms with E-state index in [2.05, 4.69) is 15.5 Å². The number of rotatable bonds is 7. The van der Waals surface area contributed by atoms with E-state index < -0.39 is 32.1 Å². The molecular formula is C17H24F2N6O3S. The number of nitrogens with zero attached hydrogens (tertiary/aromatic N) is 6. The standard InChI is InChI=1S/C17H24F2N6O3S/c1-23(2)17(16-20-21-22-25(16)7-8-28-3)5-4-6-24(12-17)29(26,27)15-10-13(18)9-14(19)11-15/h9-11H,4-8,12H2,1-3H3. The summed E-state index contributed by atoms with van der Waals surface area (Å²) in [6.07, 6.45) is 1.16. The first-order valence-corrected chi connectivity index (χ1v) is 10.5. The average molecular weight is 430 g/mol. The highest BCUT2D eigenvalue weighted by molar-refractivity contribution is 7.89. The Bertz CT molecular complexity index is 948. The summed E-state index contributed by atoms with van der Waals surface area (Å²) in [5, 5.41) is 11.9. The van der Waals surface area contributed by atoms with E-state index in [-0.39, 0.29) is 13.1 Å². The lowest BCUT2D eigenvalue weighted by Crippen LogP contribution is -2.56. The Morgan fingerprint density at radius 3 is 2.55 bits per heavy atom. The third-order valence-corrected chi connectivity index (χ3v) is 7.04. The summed E-state index contributed by atoms with van der Waals surface area (Å²) in [6.45, 7) is 1.09. The predicted molar refractivity (Wildman–Crippen MR) is 99.4 cm³/mol. The highest BCUT2D eigenvalue weighted by atomic mass is 32.2. The van der Waals surface area contributed by atoms with Crippen molar-refractivity contribution in [3.8, 4) is 0 Å². The molecule has 1 unspecified atom stereocenters. The Balaban J connectivity index is 1.99. The molecule has 1 atom stereocenters. The molecule has 0 N–H and O–H groups in total. The van der Waals surface area contributed by atoms with Crippen LogP contribution in [0.4, 0.5) is 8.78 Å². The second kappa shape index (κ2) is 8.38. The summed E-state index contributed by atoms with van der Waals surface area (Å²) in [6, 6.07) is 2.29. The summed E-state index contributed by atoms with van der Waals surface area (Å²) in [7, 11) is 1.11. The predicted octanol–water partition coefficient (Wildman–Crippen LogP) is 0.839. The zero-order chi connectivity index (χ0) is 21.2. The largest absolute Gasteiger partial charge is 0.383 e. The molecule has 0 radical (unpaired) electrons. The quantitative estimate of drug-likeness (QED) is 0.643. The molecule has 1 aromatic carbocycles. The van der Waals surface area contributed by atoms with Crippen LogP contribution in [0, 0.1) is 11.6 Å². The van der Waals surface area contributed by atoms with Crippen molar-refractivity contribution in [2.24, 2.45) is 0 Å². The van der Waals surface area contributed by atoms with Crippen LogP contribution >= 0.6 is 0 Å². The minimum Gasteiger partial charge on any atom is -0.383 e. The van der Waals surface area contributed by atoms with Crippen molar-refractivity contribution in [3.05, 3.63) is 35.7 Å². The average Bonchev–Trinajstić information content (AvgIpc) is 3.14. The van der Waals surface area contributed by atoms with Gasteiger partial charge in [0.15, 0.2) is 5.82 Å². The third kappa shape index (κ3) is 4.15. The number of benzene rings is 1. The van der Waals surface area contributed by atoms with Gasteiger partial charge in [-0.25, -0.2) is 21.9 Å². The molecule has 0 aliphatic carbocycles. The summed E-state index contributed by atoms with van der Waals surface area (Å²) in [5.41, 5.74) is -0.797. The van der Waals surface area contributed by atoms with E-state index in [9.17, 15) is 17.2 Å². The third-order valence-electron chi connectivity index (χ3n) is 5.22. The van der Waals surface area contributed by atoms with E-state index in [1.165, 1.54) is 4.31 Å². The Labute approximate surface area is 168 Å². The number of hydrogen-bond donors (Lipinski definition) is 0. The molecule has 0 spiro atoms. The maximum Gasteiger partial charge on any atom is 0.243 e. The van der Waals surface area contributed by atoms with Gasteiger partial charge in [-0.05, 0) is 49.5 Å². The van der Waals surface area contributed by atoms with Gasteiger partial charge in [0.05, 0.1) is 23.6 Å². The number of aromatic nitrogens is 4. The van der Waals surface area contributed by atoms with Crippen molar-refractivity contribution < 1.29 is 21.9 Å². The molecule has 9 nitrogen and oxygen atoms in total. The Morgan fingerprint density at radius 2 is 1.93 bits per heavy atom. The van der Waals surface area contributed by atoms with Crippen LogP contribution in [0.15, 0.2) is 23.1 Å². The zero-order valence-corrected chi connectivity index (χ0v) is 17.4. The first-order chi connectivity index (χ1) is 13.7. The molecule has 12 heteroatoms. The maximum atomic E-state index is 13.6. The number of tetrazole rings is 1. The van der Waals surface area contributed by atoms with Gasteiger partial charge < -0.3 is 4.74 Å². The van der Waals surface area contributed by atoms with Gasteiger partial charge in [0.2, 0.25) is 10.0 Å². The molecule has 0 bridgehead atoms. The van der Waals surface area contributed by atoms with Crippen LogP contribution in [0.3, 0.4) is 0 Å². The van der Waals surface area contributed by atoms with Crippen LogP contribution in [-0.4, -0.2) is 78.7 Å². The topological polar surface area (TPSA) is 93.4 Å². The fraction of sp³-hybridized carbons (Fsp3) is 0.588. The van der Waals surface area contributed by atoms with E-state index >= 15 is 0 Å². The molecule has 1 aromatic heterocycles. The van der Waals surface area contributed by atoms with Crippen molar-refractivity contribution >= 4 is 10.0 Å². The molecule has 1 fully saturated rings. The SMILES string of the molecule is COCCn1nnnc1C1(N(C)C)CCCN(S(=O)(=O)c2cc(F)cc(F)c2)C1. The summed E-state index contributed by atoms with van der Waals surface area (Å²) in [5.74, 6) is -1.36. The van der Waals surface area contributed by atoms with Crippen molar-refractivity contribution in [2.45, 2.75) is 29.8 Å². The molecule has 1 aliphatic rings. The molecule has 160 valence electrons. The lowest BCUT2D eigenvalue weighted by Gasteiger charge is -2.45. The molecule has 0 saturated carbocycles. The minimum atomic E-state index is -4.11. The van der Waals surface area contributed by atoms with Gasteiger partial charge in [-0.1, -0.05) is 0 Å². The van der Waals surface area contributed by atoms with Gasteiger partial charge in [0.25, 0.3) is 0 Å². The number of likely N-dealkylation sites (N-methyl/N-ethyl adjacent to an activating group) is 1. The van der Waals surface area contributed by atoms with Crippen LogP contribution in [-0.2, 0) is 26.8 Å². The zero-order valence-electron chi connectivity index (χ0n) is 16.5. The molecule has 1 saturated heterocycles. The fourth-order valence-corrected chi connectivity index (χ4v) is 5.22. The van der Waals surface area contributed by atoms with Gasteiger partial charge >= 0.3 is 0 Å². The smallest absolute Gasteiger partial charge is 0.243 e. The Morgan fingerprint density at radius 1 is 1.24 bits per heavy atom. The van der Waals surface area contributed by atoms with E-state index in [0.29, 0.717) is 37.9 Å². The van der Waals surface area contributed by atoms with Crippen molar-refractivity contribution in [3.63, 3.8) is 0 Å². The summed E-state index contributed by atoms with van der Waals surface area (Å²) < 4.78 is 61.4. The normalized spacial score (nSPS) is 21.0. The Kier molecular flexibility index (Phi) is 6.27. The molecule has 3 rings (SSSR count). The highest BCUT2D eigenvalue weighted by Gasteiger charge is 2.46. The van der Waals surface area contributed by atoms with Gasteiger partial charge in [-0.3, -0.25) is 4.90 Å². The number of piperidine rings is 1. The maximum absolute atomic E-state index is 13.6. The van der Waals surface area contributed by atoms with Gasteiger partial charge in [0, 0.05) is 26.3 Å². The molecule has 29 heavy (non-hydrogen) atoms. The number of sulfonamides is 1. The van der Waals surface area contributed by atoms with Gasteiger partial charge in [-0.15, -0.1) is 5.10 Å². The molecule has 2 aromatic rings. The number of ether oxygens (including phenoxy) is 1. The van der Waals surface area contributed by atoms with E-state index in [0.717, 1.165) is 12.1 Å². The molecule has 0 amide bonds. The second-order valence-corrected chi connectivity index (χ2v) is 9.13. The number of halogens is 2. The summed E-state index contributed by atoms with van der Waals surface area (Å²) >= 11 is 0. The van der Waals surface area contributed by atoms with Crippen LogP contribution in [0.5, 0.6) is 0 Å². The van der Waals surface area contributed by atoms with Gasteiger partial charge in [-0.2, -0.15) is 4.31 Å². The van der Waals surface area contributed by atoms with E-state index in [1.54, 1.807) is 11.8 Å². The van der Waals surface area contributed by atoms with Crippen LogP contribution in [0.25, 0.3) is 0 Å². The highest BCUT2D eigenvalue weighted by Crippen LogP contribution is 2.36. The molecule has 2 heterocycles. The fourth-order valence-electron chi connectivity index (χ4n) is 3.64. The lowest BCUT2D eigenvalue weighted by molar-refractivity contribution is 0.0620. The van der Waals surface area contributed by atoms with E-state index in [4.69, 9.17) is 4.74 Å². The lowest BCUT2D eigenvalue weighted by atomic mass is 9.88. The summed E-state index contributed by atoms with van der Waals surface area (Å²) in [4.78, 5) is 1.47. The van der Waals surface area contributed by atoms with E-state index in [1.807, 2.05) is 19.0 Å². The van der Waals surface area contributed by atoms with Crippen molar-refractivity contribution in [1.29, 1.82) is 0 Å². The monoisotopic (exact) mass is 430 g/mol. The van der Waals surface area contributed by atoms with Crippen LogP contribution < -0.4 is 0 Å².